The van der Waals surface area contributed by atoms with Crippen LogP contribution in [0.3, 0.4) is 0 Å². The number of benzene rings is 2. The quantitative estimate of drug-likeness (QED) is 0.723. The molecule has 1 aromatic heterocycles. The van der Waals surface area contributed by atoms with Gasteiger partial charge in [0.25, 0.3) is 0 Å². The van der Waals surface area contributed by atoms with E-state index in [0.29, 0.717) is 0 Å². The number of nitrogens with zero attached hydrogens (tertiary/aromatic N) is 1. The molecule has 7 heteroatoms. The van der Waals surface area contributed by atoms with Crippen LogP contribution in [0.5, 0.6) is 0 Å². The summed E-state index contributed by atoms with van der Waals surface area (Å²) in [6.07, 6.45) is 1.51. The van der Waals surface area contributed by atoms with Crippen molar-refractivity contribution in [1.29, 1.82) is 0 Å². The normalized spacial score (nSPS) is 10.7. The molecule has 0 bridgehead atoms. The molecule has 0 saturated heterocycles. The number of hydrogen-bond acceptors (Lipinski definition) is 3. The monoisotopic (exact) mass is 360 g/mol. The van der Waals surface area contributed by atoms with Crippen LogP contribution in [0.25, 0.3) is 11.3 Å². The van der Waals surface area contributed by atoms with Crippen LogP contribution in [-0.4, -0.2) is 10.9 Å². The van der Waals surface area contributed by atoms with Crippen LogP contribution in [0.1, 0.15) is 17.9 Å². The summed E-state index contributed by atoms with van der Waals surface area (Å²) in [4.78, 5) is 15.8. The predicted molar refractivity (Wildman–Crippen MR) is 88.4 cm³/mol. The van der Waals surface area contributed by atoms with Crippen molar-refractivity contribution in [2.45, 2.75) is 19.4 Å². The molecule has 1 amide bonds. The van der Waals surface area contributed by atoms with Crippen molar-refractivity contribution in [2.75, 3.05) is 0 Å². The fourth-order valence-corrected chi connectivity index (χ4v) is 2.39. The maximum absolute atomic E-state index is 13.7. The number of oxazole rings is 1. The van der Waals surface area contributed by atoms with E-state index in [1.165, 1.54) is 24.4 Å². The van der Waals surface area contributed by atoms with E-state index in [2.05, 4.69) is 10.3 Å². The summed E-state index contributed by atoms with van der Waals surface area (Å²) >= 11 is 0. The second-order valence-electron chi connectivity index (χ2n) is 5.62. The Morgan fingerprint density at radius 1 is 1.04 bits per heavy atom. The third-order valence-electron chi connectivity index (χ3n) is 3.73. The minimum Gasteiger partial charge on any atom is -0.441 e. The van der Waals surface area contributed by atoms with E-state index in [-0.39, 0.29) is 48.3 Å². The second-order valence-corrected chi connectivity index (χ2v) is 5.62. The molecular formula is C19H15F3N2O2. The first-order valence-corrected chi connectivity index (χ1v) is 7.93. The van der Waals surface area contributed by atoms with Gasteiger partial charge in [0.15, 0.2) is 11.7 Å². The average Bonchev–Trinajstić information content (AvgIpc) is 3.08. The zero-order valence-electron chi connectivity index (χ0n) is 13.6. The minimum absolute atomic E-state index is 0.0256. The summed E-state index contributed by atoms with van der Waals surface area (Å²) in [5, 5.41) is 2.69. The lowest BCUT2D eigenvalue weighted by atomic mass is 10.1. The molecule has 0 saturated carbocycles. The highest BCUT2D eigenvalue weighted by Gasteiger charge is 2.16. The zero-order chi connectivity index (χ0) is 18.5. The van der Waals surface area contributed by atoms with E-state index in [1.807, 2.05) is 0 Å². The molecule has 1 heterocycles. The van der Waals surface area contributed by atoms with Crippen molar-refractivity contribution in [2.24, 2.45) is 0 Å². The van der Waals surface area contributed by atoms with E-state index >= 15 is 0 Å². The Labute approximate surface area is 147 Å². The first kappa shape index (κ1) is 17.7. The molecule has 134 valence electrons. The Balaban J connectivity index is 1.54. The van der Waals surface area contributed by atoms with E-state index in [9.17, 15) is 18.0 Å². The number of halogens is 3. The van der Waals surface area contributed by atoms with Gasteiger partial charge in [-0.15, -0.1) is 0 Å². The van der Waals surface area contributed by atoms with Gasteiger partial charge >= 0.3 is 0 Å². The van der Waals surface area contributed by atoms with Gasteiger partial charge < -0.3 is 9.73 Å². The van der Waals surface area contributed by atoms with Crippen LogP contribution >= 0.6 is 0 Å². The lowest BCUT2D eigenvalue weighted by molar-refractivity contribution is -0.121. The molecule has 2 aromatic carbocycles. The highest BCUT2D eigenvalue weighted by atomic mass is 19.1. The van der Waals surface area contributed by atoms with Crippen LogP contribution in [0, 0.1) is 17.5 Å². The molecule has 26 heavy (non-hydrogen) atoms. The maximum atomic E-state index is 13.7. The van der Waals surface area contributed by atoms with Gasteiger partial charge in [0.05, 0.1) is 11.8 Å². The summed E-state index contributed by atoms with van der Waals surface area (Å²) in [5.74, 6) is -1.89. The maximum Gasteiger partial charge on any atom is 0.220 e. The van der Waals surface area contributed by atoms with Gasteiger partial charge in [-0.1, -0.05) is 18.2 Å². The lowest BCUT2D eigenvalue weighted by Crippen LogP contribution is -2.23. The molecule has 4 nitrogen and oxygen atoms in total. The van der Waals surface area contributed by atoms with Gasteiger partial charge in [0.2, 0.25) is 5.91 Å². The Morgan fingerprint density at radius 2 is 1.73 bits per heavy atom. The molecule has 0 aliphatic rings. The van der Waals surface area contributed by atoms with Gasteiger partial charge in [0.1, 0.15) is 17.5 Å². The summed E-state index contributed by atoms with van der Waals surface area (Å²) < 4.78 is 45.6. The van der Waals surface area contributed by atoms with Gasteiger partial charge in [-0.05, 0) is 29.8 Å². The van der Waals surface area contributed by atoms with Crippen LogP contribution < -0.4 is 5.32 Å². The van der Waals surface area contributed by atoms with E-state index in [4.69, 9.17) is 4.42 Å². The number of aromatic nitrogens is 1. The Bertz CT molecular complexity index is 887. The molecule has 3 aromatic rings. The van der Waals surface area contributed by atoms with E-state index < -0.39 is 11.6 Å². The number of carbonyl (C=O) groups excluding carboxylic acids is 1. The molecule has 0 fully saturated rings. The Kier molecular flexibility index (Phi) is 5.36. The highest BCUT2D eigenvalue weighted by Crippen LogP contribution is 2.26. The molecule has 0 spiro atoms. The molecule has 1 N–H and O–H groups in total. The minimum atomic E-state index is -0.746. The fraction of sp³-hybridized carbons (Fsp3) is 0.158. The van der Waals surface area contributed by atoms with Crippen molar-refractivity contribution < 1.29 is 22.4 Å². The van der Waals surface area contributed by atoms with Gasteiger partial charge in [-0.2, -0.15) is 0 Å². The summed E-state index contributed by atoms with van der Waals surface area (Å²) in [5.41, 5.74) is 0.486. The topological polar surface area (TPSA) is 55.1 Å². The smallest absolute Gasteiger partial charge is 0.220 e. The SMILES string of the molecule is O=C(CCc1ncc(-c2c(F)cccc2F)o1)NCc1ccc(F)cc1. The zero-order valence-corrected chi connectivity index (χ0v) is 13.6. The molecule has 0 aliphatic carbocycles. The average molecular weight is 360 g/mol. The van der Waals surface area contributed by atoms with Crippen molar-refractivity contribution in [3.8, 4) is 11.3 Å². The van der Waals surface area contributed by atoms with Crippen LogP contribution in [0.4, 0.5) is 13.2 Å². The molecule has 0 unspecified atom stereocenters. The lowest BCUT2D eigenvalue weighted by Gasteiger charge is -2.04. The number of hydrogen-bond donors (Lipinski definition) is 1. The van der Waals surface area contributed by atoms with Crippen molar-refractivity contribution in [1.82, 2.24) is 10.3 Å². The van der Waals surface area contributed by atoms with Crippen LogP contribution in [0.2, 0.25) is 0 Å². The molecule has 0 radical (unpaired) electrons. The fourth-order valence-electron chi connectivity index (χ4n) is 2.39. The number of carbonyl (C=O) groups is 1. The van der Waals surface area contributed by atoms with E-state index in [0.717, 1.165) is 17.7 Å². The second kappa shape index (κ2) is 7.86. The van der Waals surface area contributed by atoms with Gasteiger partial charge in [-0.25, -0.2) is 18.2 Å². The molecular weight excluding hydrogens is 345 g/mol. The Hall–Kier alpha value is -3.09. The van der Waals surface area contributed by atoms with Crippen LogP contribution in [0.15, 0.2) is 53.1 Å². The molecule has 0 atom stereocenters. The van der Waals surface area contributed by atoms with Crippen molar-refractivity contribution in [3.63, 3.8) is 0 Å². The largest absolute Gasteiger partial charge is 0.441 e. The number of rotatable bonds is 6. The third-order valence-corrected chi connectivity index (χ3v) is 3.73. The number of nitrogens with one attached hydrogen (secondary N) is 1. The number of aryl methyl sites for hydroxylation is 1. The highest BCUT2D eigenvalue weighted by molar-refractivity contribution is 5.76. The van der Waals surface area contributed by atoms with Crippen molar-refractivity contribution in [3.05, 3.63) is 77.6 Å². The summed E-state index contributed by atoms with van der Waals surface area (Å²) in [6.45, 7) is 0.274. The van der Waals surface area contributed by atoms with Gasteiger partial charge in [-0.3, -0.25) is 4.79 Å². The van der Waals surface area contributed by atoms with E-state index in [1.54, 1.807) is 12.1 Å². The first-order valence-electron chi connectivity index (χ1n) is 7.93. The predicted octanol–water partition coefficient (Wildman–Crippen LogP) is 4.01. The first-order chi connectivity index (χ1) is 12.5. The van der Waals surface area contributed by atoms with Crippen molar-refractivity contribution >= 4 is 5.91 Å². The Morgan fingerprint density at radius 3 is 2.42 bits per heavy atom. The van der Waals surface area contributed by atoms with Gasteiger partial charge in [0, 0.05) is 19.4 Å². The number of amides is 1. The third kappa shape index (κ3) is 4.30. The molecule has 3 rings (SSSR count). The summed E-state index contributed by atoms with van der Waals surface area (Å²) in [6, 6.07) is 9.32. The van der Waals surface area contributed by atoms with Crippen LogP contribution in [-0.2, 0) is 17.8 Å². The standard InChI is InChI=1S/C19H15F3N2O2/c20-13-6-4-12(5-7-13)10-23-17(25)8-9-18-24-11-16(26-18)19-14(21)2-1-3-15(19)22/h1-7,11H,8-10H2,(H,23,25). The molecule has 0 aliphatic heterocycles. The summed E-state index contributed by atoms with van der Waals surface area (Å²) in [7, 11) is 0.